The number of allylic oxidation sites excluding steroid dienone is 1. The zero-order valence-corrected chi connectivity index (χ0v) is 12.9. The van der Waals surface area contributed by atoms with Gasteiger partial charge in [0.25, 0.3) is 0 Å². The molecule has 4 heteroatoms. The third kappa shape index (κ3) is 3.39. The van der Waals surface area contributed by atoms with Crippen LogP contribution in [0.15, 0.2) is 54.4 Å². The normalized spacial score (nSPS) is 11.2. The van der Waals surface area contributed by atoms with E-state index in [1.165, 1.54) is 7.11 Å². The lowest BCUT2D eigenvalue weighted by atomic mass is 10.1. The van der Waals surface area contributed by atoms with Crippen LogP contribution in [-0.4, -0.2) is 14.2 Å². The highest BCUT2D eigenvalue weighted by Gasteiger charge is 2.09. The number of hydrogen-bond acceptors (Lipinski definition) is 4. The van der Waals surface area contributed by atoms with Gasteiger partial charge < -0.3 is 14.8 Å². The van der Waals surface area contributed by atoms with E-state index in [2.05, 4.69) is 11.4 Å². The maximum atomic E-state index is 9.01. The maximum Gasteiger partial charge on any atom is 0.196 e. The molecular formula is C18H18N2O2. The summed E-state index contributed by atoms with van der Waals surface area (Å²) in [5, 5.41) is 12.1. The van der Waals surface area contributed by atoms with Crippen LogP contribution in [0.3, 0.4) is 0 Å². The molecule has 0 spiro atoms. The molecule has 0 heterocycles. The highest BCUT2D eigenvalue weighted by Crippen LogP contribution is 2.26. The lowest BCUT2D eigenvalue weighted by Gasteiger charge is -2.14. The molecule has 1 N–H and O–H groups in total. The first-order chi connectivity index (χ1) is 10.7. The lowest BCUT2D eigenvalue weighted by molar-refractivity contribution is 0.383. The van der Waals surface area contributed by atoms with Crippen molar-refractivity contribution in [1.82, 2.24) is 5.32 Å². The first kappa shape index (κ1) is 15.5. The van der Waals surface area contributed by atoms with Crippen LogP contribution in [0.25, 0.3) is 5.57 Å². The molecule has 2 aromatic carbocycles. The maximum absolute atomic E-state index is 9.01. The van der Waals surface area contributed by atoms with Gasteiger partial charge >= 0.3 is 0 Å². The molecule has 0 bridgehead atoms. The molecule has 0 amide bonds. The molecule has 2 rings (SSSR count). The third-order valence-electron chi connectivity index (χ3n) is 3.29. The molecule has 4 nitrogen and oxygen atoms in total. The average molecular weight is 294 g/mol. The topological polar surface area (TPSA) is 54.3 Å². The predicted molar refractivity (Wildman–Crippen MR) is 86.4 cm³/mol. The van der Waals surface area contributed by atoms with Gasteiger partial charge in [0.1, 0.15) is 17.6 Å². The van der Waals surface area contributed by atoms with Gasteiger partial charge in [0.05, 0.1) is 12.7 Å². The van der Waals surface area contributed by atoms with Crippen molar-refractivity contribution >= 4 is 5.57 Å². The van der Waals surface area contributed by atoms with Gasteiger partial charge in [-0.3, -0.25) is 0 Å². The highest BCUT2D eigenvalue weighted by atomic mass is 16.5. The summed E-state index contributed by atoms with van der Waals surface area (Å²) in [7, 11) is 3.34. The zero-order valence-electron chi connectivity index (χ0n) is 12.9. The second-order valence-electron chi connectivity index (χ2n) is 4.65. The minimum Gasteiger partial charge on any atom is -0.495 e. The number of nitriles is 1. The van der Waals surface area contributed by atoms with Crippen LogP contribution in [0.2, 0.25) is 0 Å². The van der Waals surface area contributed by atoms with E-state index in [0.717, 1.165) is 11.1 Å². The molecule has 0 atom stereocenters. The Bertz CT molecular complexity index is 716. The summed E-state index contributed by atoms with van der Waals surface area (Å²) in [5.74, 6) is 1.75. The van der Waals surface area contributed by atoms with E-state index in [1.54, 1.807) is 18.2 Å². The second kappa shape index (κ2) is 7.19. The number of hydrogen-bond donors (Lipinski definition) is 1. The second-order valence-corrected chi connectivity index (χ2v) is 4.65. The van der Waals surface area contributed by atoms with Gasteiger partial charge in [-0.25, -0.2) is 0 Å². The molecule has 0 radical (unpaired) electrons. The number of nitrogens with zero attached hydrogens (tertiary/aromatic N) is 1. The van der Waals surface area contributed by atoms with Crippen molar-refractivity contribution in [3.8, 4) is 17.6 Å². The van der Waals surface area contributed by atoms with Gasteiger partial charge in [0.2, 0.25) is 0 Å². The fourth-order valence-corrected chi connectivity index (χ4v) is 2.08. The van der Waals surface area contributed by atoms with Crippen molar-refractivity contribution in [3.05, 3.63) is 65.5 Å². The van der Waals surface area contributed by atoms with E-state index in [-0.39, 0.29) is 0 Å². The zero-order chi connectivity index (χ0) is 15.9. The predicted octanol–water partition coefficient (Wildman–Crippen LogP) is 3.55. The molecule has 22 heavy (non-hydrogen) atoms. The Morgan fingerprint density at radius 2 is 1.86 bits per heavy atom. The molecule has 0 saturated heterocycles. The Kier molecular flexibility index (Phi) is 5.05. The van der Waals surface area contributed by atoms with E-state index in [4.69, 9.17) is 14.7 Å². The summed E-state index contributed by atoms with van der Waals surface area (Å²) < 4.78 is 11.1. The summed E-state index contributed by atoms with van der Waals surface area (Å²) in [6.07, 6.45) is 0. The fraction of sp³-hybridized carbons (Fsp3) is 0.167. The molecule has 0 aliphatic rings. The Labute approximate surface area is 130 Å². The SMILES string of the molecule is CN/C(Oc1ccc(C#N)c(OC)c1)=C(/C)c1ccccc1. The first-order valence-electron chi connectivity index (χ1n) is 6.89. The molecule has 0 aromatic heterocycles. The van der Waals surface area contributed by atoms with Crippen LogP contribution < -0.4 is 14.8 Å². The summed E-state index contributed by atoms with van der Waals surface area (Å²) in [5.41, 5.74) is 2.54. The molecule has 112 valence electrons. The standard InChI is InChI=1S/C18H18N2O2/c1-13(14-7-5-4-6-8-14)18(20-2)22-16-10-9-15(12-19)17(11-16)21-3/h4-11,20H,1-3H3/b18-13+. The van der Waals surface area contributed by atoms with Crippen molar-refractivity contribution in [2.24, 2.45) is 0 Å². The summed E-state index contributed by atoms with van der Waals surface area (Å²) >= 11 is 0. The summed E-state index contributed by atoms with van der Waals surface area (Å²) in [4.78, 5) is 0. The van der Waals surface area contributed by atoms with Crippen molar-refractivity contribution in [2.45, 2.75) is 6.92 Å². The Hall–Kier alpha value is -2.93. The van der Waals surface area contributed by atoms with Gasteiger partial charge in [-0.05, 0) is 24.6 Å². The Balaban J connectivity index is 2.33. The van der Waals surface area contributed by atoms with Crippen molar-refractivity contribution in [3.63, 3.8) is 0 Å². The fourth-order valence-electron chi connectivity index (χ4n) is 2.08. The van der Waals surface area contributed by atoms with Crippen molar-refractivity contribution in [2.75, 3.05) is 14.2 Å². The molecule has 0 fully saturated rings. The minimum atomic E-state index is 0.476. The number of benzene rings is 2. The van der Waals surface area contributed by atoms with Crippen LogP contribution >= 0.6 is 0 Å². The van der Waals surface area contributed by atoms with Crippen LogP contribution in [0.4, 0.5) is 0 Å². The van der Waals surface area contributed by atoms with Gasteiger partial charge in [0, 0.05) is 18.7 Å². The van der Waals surface area contributed by atoms with E-state index in [9.17, 15) is 0 Å². The van der Waals surface area contributed by atoms with Crippen LogP contribution in [-0.2, 0) is 0 Å². The van der Waals surface area contributed by atoms with E-state index < -0.39 is 0 Å². The van der Waals surface area contributed by atoms with Crippen LogP contribution in [0.1, 0.15) is 18.1 Å². The average Bonchev–Trinajstić information content (AvgIpc) is 2.59. The van der Waals surface area contributed by atoms with E-state index in [1.807, 2.05) is 44.3 Å². The first-order valence-corrected chi connectivity index (χ1v) is 6.89. The summed E-state index contributed by atoms with van der Waals surface area (Å²) in [6, 6.07) is 17.2. The Morgan fingerprint density at radius 3 is 2.45 bits per heavy atom. The number of nitrogens with one attached hydrogen (secondary N) is 1. The molecular weight excluding hydrogens is 276 g/mol. The molecule has 0 saturated carbocycles. The number of methoxy groups -OCH3 is 1. The van der Waals surface area contributed by atoms with Gasteiger partial charge in [-0.15, -0.1) is 0 Å². The third-order valence-corrected chi connectivity index (χ3v) is 3.29. The lowest BCUT2D eigenvalue weighted by Crippen LogP contribution is -2.14. The minimum absolute atomic E-state index is 0.476. The van der Waals surface area contributed by atoms with Crippen LogP contribution in [0, 0.1) is 11.3 Å². The molecule has 0 aliphatic carbocycles. The molecule has 0 unspecified atom stereocenters. The van der Waals surface area contributed by atoms with Gasteiger partial charge in [-0.1, -0.05) is 30.3 Å². The van der Waals surface area contributed by atoms with Crippen molar-refractivity contribution in [1.29, 1.82) is 5.26 Å². The number of ether oxygens (including phenoxy) is 2. The smallest absolute Gasteiger partial charge is 0.196 e. The van der Waals surface area contributed by atoms with E-state index in [0.29, 0.717) is 22.9 Å². The monoisotopic (exact) mass is 294 g/mol. The van der Waals surface area contributed by atoms with E-state index >= 15 is 0 Å². The quantitative estimate of drug-likeness (QED) is 0.857. The van der Waals surface area contributed by atoms with Gasteiger partial charge in [-0.2, -0.15) is 5.26 Å². The largest absolute Gasteiger partial charge is 0.495 e. The van der Waals surface area contributed by atoms with Crippen molar-refractivity contribution < 1.29 is 9.47 Å². The van der Waals surface area contributed by atoms with Crippen LogP contribution in [0.5, 0.6) is 11.5 Å². The van der Waals surface area contributed by atoms with Gasteiger partial charge in [0.15, 0.2) is 5.88 Å². The Morgan fingerprint density at radius 1 is 1.14 bits per heavy atom. The highest BCUT2D eigenvalue weighted by molar-refractivity contribution is 5.65. The number of rotatable bonds is 5. The molecule has 0 aliphatic heterocycles. The summed E-state index contributed by atoms with van der Waals surface area (Å²) in [6.45, 7) is 1.99. The molecule has 2 aromatic rings.